The van der Waals surface area contributed by atoms with Crippen LogP contribution >= 0.6 is 0 Å². The van der Waals surface area contributed by atoms with Crippen LogP contribution in [-0.2, 0) is 98.4 Å². The molecule has 5 aromatic rings. The first-order chi connectivity index (χ1) is 60.2. The molecule has 0 atom stereocenters. The van der Waals surface area contributed by atoms with Gasteiger partial charge in [-0.15, -0.1) is 0 Å². The van der Waals surface area contributed by atoms with E-state index in [-0.39, 0.29) is 138 Å². The van der Waals surface area contributed by atoms with Gasteiger partial charge >= 0.3 is 0 Å². The Labute approximate surface area is 723 Å². The van der Waals surface area contributed by atoms with E-state index in [9.17, 15) is 9.59 Å². The second kappa shape index (κ2) is 72.5. The third-order valence-corrected chi connectivity index (χ3v) is 17.7. The molecule has 5 aromatic carbocycles. The first-order valence-corrected chi connectivity index (χ1v) is 42.7. The second-order valence-corrected chi connectivity index (χ2v) is 27.3. The summed E-state index contributed by atoms with van der Waals surface area (Å²) in [6, 6.07) is 26.7. The summed E-state index contributed by atoms with van der Waals surface area (Å²) in [4.78, 5) is 28.5. The summed E-state index contributed by atoms with van der Waals surface area (Å²) < 4.78 is 150. The van der Waals surface area contributed by atoms with E-state index in [1.807, 2.05) is 60.7 Å². The molecule has 0 radical (unpaired) electrons. The molecule has 30 heteroatoms. The van der Waals surface area contributed by atoms with Gasteiger partial charge in [-0.25, -0.2) is 0 Å². The number of nitrogens with one attached hydrogen (secondary N) is 2. The first-order valence-electron chi connectivity index (χ1n) is 42.7. The van der Waals surface area contributed by atoms with E-state index in [0.717, 1.165) is 96.2 Å². The molecule has 0 saturated heterocycles. The standard InChI is InChI=1S/C92H140N2O28/c1-9-11-13-15-29-115-83-67-80(28-26-76-19-23-78(24-20-76)74-94-92(96)82-71-87(119-63-57-111-51-45-105-39-33-99-5)90(122-66-60-114-54-48-108-42-36-102-8)88(72-82)120-64-58-112-52-46-106-40-34-100-6)84(116-30-16-14-12-10-2)68-79(83)27-25-75-17-21-77(22-18-75)73-93-91(95)81-69-85(117-61-55-109-49-43-103-37-31-97-3)89(121-65-59-113-53-47-107-41-35-101-7)86(70-81)118-62-56-110-50-44-104-38-32-98-4/h17-28,67-72H,9-16,29-66,73-74H2,1-8H3,(H,93,95)(H,94,96)/b27-25+,28-26+. The Morgan fingerprint density at radius 2 is 0.475 bits per heavy atom. The Bertz CT molecular complexity index is 3170. The Morgan fingerprint density at radius 3 is 0.721 bits per heavy atom. The van der Waals surface area contributed by atoms with E-state index >= 15 is 0 Å². The number of unbranched alkanes of at least 4 members (excludes halogenated alkanes) is 6. The van der Waals surface area contributed by atoms with E-state index in [1.165, 1.54) is 0 Å². The van der Waals surface area contributed by atoms with Crippen molar-refractivity contribution in [2.75, 3.05) is 294 Å². The van der Waals surface area contributed by atoms with Crippen molar-refractivity contribution < 1.29 is 133 Å². The smallest absolute Gasteiger partial charge is 0.251 e. The maximum absolute atomic E-state index is 14.3. The summed E-state index contributed by atoms with van der Waals surface area (Å²) in [5.74, 6) is 2.43. The maximum Gasteiger partial charge on any atom is 0.251 e. The molecule has 0 aromatic heterocycles. The molecule has 0 fully saturated rings. The van der Waals surface area contributed by atoms with Crippen LogP contribution in [0.2, 0.25) is 0 Å². The van der Waals surface area contributed by atoms with Crippen LogP contribution in [0.5, 0.6) is 46.0 Å². The highest BCUT2D eigenvalue weighted by molar-refractivity contribution is 5.96. The minimum atomic E-state index is -0.363. The maximum atomic E-state index is 14.3. The Morgan fingerprint density at radius 1 is 0.246 bits per heavy atom. The van der Waals surface area contributed by atoms with Crippen molar-refractivity contribution in [3.8, 4) is 46.0 Å². The average molecular weight is 1720 g/mol. The molecule has 0 aliphatic carbocycles. The number of carbonyl (C=O) groups excluding carboxylic acids is 2. The van der Waals surface area contributed by atoms with Gasteiger partial charge in [-0.2, -0.15) is 0 Å². The molecule has 30 nitrogen and oxygen atoms in total. The van der Waals surface area contributed by atoms with Gasteiger partial charge in [-0.05, 0) is 71.5 Å². The molecular formula is C92H140N2O28. The van der Waals surface area contributed by atoms with Crippen molar-refractivity contribution in [3.63, 3.8) is 0 Å². The van der Waals surface area contributed by atoms with Crippen LogP contribution in [0.1, 0.15) is 119 Å². The van der Waals surface area contributed by atoms with Crippen molar-refractivity contribution in [1.29, 1.82) is 0 Å². The molecule has 0 bridgehead atoms. The summed E-state index contributed by atoms with van der Waals surface area (Å²) in [5, 5.41) is 6.19. The van der Waals surface area contributed by atoms with Crippen molar-refractivity contribution in [2.24, 2.45) is 0 Å². The van der Waals surface area contributed by atoms with Gasteiger partial charge in [0.15, 0.2) is 23.0 Å². The lowest BCUT2D eigenvalue weighted by Crippen LogP contribution is -2.23. The van der Waals surface area contributed by atoms with Crippen LogP contribution in [0.3, 0.4) is 0 Å². The monoisotopic (exact) mass is 1720 g/mol. The number of carbonyl (C=O) groups is 2. The fourth-order valence-electron chi connectivity index (χ4n) is 11.1. The van der Waals surface area contributed by atoms with Crippen molar-refractivity contribution in [3.05, 3.63) is 129 Å². The lowest BCUT2D eigenvalue weighted by molar-refractivity contribution is 0.0146. The van der Waals surface area contributed by atoms with Crippen LogP contribution in [0.4, 0.5) is 0 Å². The summed E-state index contributed by atoms with van der Waals surface area (Å²) in [5.41, 5.74) is 5.91. The number of benzene rings is 5. The van der Waals surface area contributed by atoms with Gasteiger partial charge in [-0.3, -0.25) is 9.59 Å². The molecule has 0 aliphatic heterocycles. The van der Waals surface area contributed by atoms with Gasteiger partial charge in [0.2, 0.25) is 11.5 Å². The lowest BCUT2D eigenvalue weighted by Gasteiger charge is -2.19. The summed E-state index contributed by atoms with van der Waals surface area (Å²) in [7, 11) is 9.72. The highest BCUT2D eigenvalue weighted by atomic mass is 16.6. The largest absolute Gasteiger partial charge is 0.493 e. The van der Waals surface area contributed by atoms with Gasteiger partial charge in [0, 0.05) is 78.0 Å². The normalized spacial score (nSPS) is 11.5. The van der Waals surface area contributed by atoms with E-state index in [1.54, 1.807) is 66.9 Å². The Kier molecular flexibility index (Phi) is 62.2. The number of ether oxygens (including phenoxy) is 26. The number of rotatable bonds is 82. The third kappa shape index (κ3) is 49.0. The molecule has 2 N–H and O–H groups in total. The van der Waals surface area contributed by atoms with Gasteiger partial charge in [0.25, 0.3) is 11.8 Å². The van der Waals surface area contributed by atoms with Crippen LogP contribution in [0.25, 0.3) is 24.3 Å². The number of hydrogen-bond donors (Lipinski definition) is 2. The summed E-state index contributed by atoms with van der Waals surface area (Å²) >= 11 is 0. The van der Waals surface area contributed by atoms with Crippen LogP contribution in [0.15, 0.2) is 84.9 Å². The molecule has 5 rings (SSSR count). The highest BCUT2D eigenvalue weighted by Crippen LogP contribution is 2.41. The van der Waals surface area contributed by atoms with E-state index < -0.39 is 0 Å². The molecule has 0 spiro atoms. The molecule has 122 heavy (non-hydrogen) atoms. The van der Waals surface area contributed by atoms with Gasteiger partial charge in [0.05, 0.1) is 211 Å². The number of methoxy groups -OCH3 is 6. The van der Waals surface area contributed by atoms with Crippen LogP contribution < -0.4 is 48.5 Å². The lowest BCUT2D eigenvalue weighted by atomic mass is 10.0. The molecule has 2 amide bonds. The van der Waals surface area contributed by atoms with Gasteiger partial charge in [-0.1, -0.05) is 125 Å². The Hall–Kier alpha value is -7.80. The van der Waals surface area contributed by atoms with Crippen LogP contribution in [0, 0.1) is 0 Å². The second-order valence-electron chi connectivity index (χ2n) is 27.3. The Balaban J connectivity index is 1.35. The van der Waals surface area contributed by atoms with E-state index in [4.69, 9.17) is 123 Å². The predicted octanol–water partition coefficient (Wildman–Crippen LogP) is 12.2. The topological polar surface area (TPSA) is 298 Å². The molecule has 686 valence electrons. The number of hydrogen-bond acceptors (Lipinski definition) is 28. The highest BCUT2D eigenvalue weighted by Gasteiger charge is 2.23. The fraction of sp³-hybridized carbons (Fsp3) is 0.609. The molecule has 0 unspecified atom stereocenters. The fourth-order valence-corrected chi connectivity index (χ4v) is 11.1. The zero-order chi connectivity index (χ0) is 86.9. The van der Waals surface area contributed by atoms with Crippen LogP contribution in [-0.4, -0.2) is 306 Å². The molecular weight excluding hydrogens is 1580 g/mol. The zero-order valence-corrected chi connectivity index (χ0v) is 73.8. The third-order valence-electron chi connectivity index (χ3n) is 17.7. The predicted molar refractivity (Wildman–Crippen MR) is 466 cm³/mol. The summed E-state index contributed by atoms with van der Waals surface area (Å²) in [6.07, 6.45) is 16.6. The zero-order valence-electron chi connectivity index (χ0n) is 73.8. The van der Waals surface area contributed by atoms with Crippen molar-refractivity contribution in [2.45, 2.75) is 78.3 Å². The molecule has 0 aliphatic rings. The quantitative estimate of drug-likeness (QED) is 0.0270. The first kappa shape index (κ1) is 105. The average Bonchev–Trinajstić information content (AvgIpc) is 0.774. The van der Waals surface area contributed by atoms with Gasteiger partial charge < -0.3 is 134 Å². The summed E-state index contributed by atoms with van der Waals surface area (Å²) in [6.45, 7) is 18.3. The van der Waals surface area contributed by atoms with Crippen molar-refractivity contribution >= 4 is 36.1 Å². The molecule has 0 heterocycles. The van der Waals surface area contributed by atoms with E-state index in [2.05, 4.69) is 48.8 Å². The molecule has 0 saturated carbocycles. The van der Waals surface area contributed by atoms with E-state index in [0.29, 0.717) is 183 Å². The van der Waals surface area contributed by atoms with Gasteiger partial charge in [0.1, 0.15) is 51.1 Å². The number of amides is 2. The minimum absolute atomic E-state index is 0.137. The minimum Gasteiger partial charge on any atom is -0.493 e. The van der Waals surface area contributed by atoms with Crippen molar-refractivity contribution in [1.82, 2.24) is 10.6 Å². The SMILES string of the molecule is CCCCCCOc1cc(/C=C/c2ccc(CNC(=O)c3cc(OCCOCCOCCOC)c(OCCOCCOCCOC)c(OCCOCCOCCOC)c3)cc2)c(OCCCCCC)cc1/C=C/c1ccc(CNC(=O)c2cc(OCCOCCOCCOC)c(OCCOCCOCCOC)c(OCCOCCOCCOC)c2)cc1.